The van der Waals surface area contributed by atoms with E-state index in [9.17, 15) is 0 Å². The Morgan fingerprint density at radius 3 is 2.62 bits per heavy atom. The summed E-state index contributed by atoms with van der Waals surface area (Å²) in [6, 6.07) is 0. The molecule has 2 rings (SSSR count). The second-order valence-electron chi connectivity index (χ2n) is 4.25. The summed E-state index contributed by atoms with van der Waals surface area (Å²) in [5, 5.41) is 3.24. The van der Waals surface area contributed by atoms with Crippen LogP contribution < -0.4 is 10.1 Å². The third kappa shape index (κ3) is 2.26. The summed E-state index contributed by atoms with van der Waals surface area (Å²) < 4.78 is 5.86. The highest BCUT2D eigenvalue weighted by Crippen LogP contribution is 2.28. The van der Waals surface area contributed by atoms with E-state index in [0.29, 0.717) is 6.10 Å². The second kappa shape index (κ2) is 4.68. The SMILES string of the molecule is CCNc1nc(C)nc(OC2CCC2)c1C. The summed E-state index contributed by atoms with van der Waals surface area (Å²) in [4.78, 5) is 8.74. The van der Waals surface area contributed by atoms with Gasteiger partial charge < -0.3 is 10.1 Å². The Labute approximate surface area is 96.4 Å². The van der Waals surface area contributed by atoms with Crippen LogP contribution in [0.25, 0.3) is 0 Å². The van der Waals surface area contributed by atoms with Crippen molar-refractivity contribution in [3.63, 3.8) is 0 Å². The molecule has 4 nitrogen and oxygen atoms in total. The van der Waals surface area contributed by atoms with Gasteiger partial charge in [-0.25, -0.2) is 4.98 Å². The molecule has 1 fully saturated rings. The molecule has 0 atom stereocenters. The van der Waals surface area contributed by atoms with E-state index in [1.807, 2.05) is 13.8 Å². The fraction of sp³-hybridized carbons (Fsp3) is 0.667. The van der Waals surface area contributed by atoms with Crippen molar-refractivity contribution >= 4 is 5.82 Å². The number of hydrogen-bond acceptors (Lipinski definition) is 4. The maximum atomic E-state index is 5.86. The van der Waals surface area contributed by atoms with Crippen molar-refractivity contribution in [3.05, 3.63) is 11.4 Å². The van der Waals surface area contributed by atoms with Crippen molar-refractivity contribution < 1.29 is 4.74 Å². The van der Waals surface area contributed by atoms with E-state index in [1.165, 1.54) is 6.42 Å². The highest BCUT2D eigenvalue weighted by molar-refractivity contribution is 5.48. The van der Waals surface area contributed by atoms with Crippen LogP contribution in [0.15, 0.2) is 0 Å². The molecule has 0 amide bonds. The van der Waals surface area contributed by atoms with Crippen LogP contribution in [-0.4, -0.2) is 22.6 Å². The molecule has 0 spiro atoms. The van der Waals surface area contributed by atoms with E-state index in [4.69, 9.17) is 4.74 Å². The molecule has 1 aromatic rings. The van der Waals surface area contributed by atoms with Gasteiger partial charge in [0.05, 0.1) is 5.56 Å². The van der Waals surface area contributed by atoms with Gasteiger partial charge in [-0.1, -0.05) is 0 Å². The van der Waals surface area contributed by atoms with Crippen molar-refractivity contribution in [2.45, 2.75) is 46.1 Å². The van der Waals surface area contributed by atoms with Gasteiger partial charge in [0.2, 0.25) is 5.88 Å². The number of nitrogens with one attached hydrogen (secondary N) is 1. The van der Waals surface area contributed by atoms with E-state index in [0.717, 1.165) is 42.5 Å². The maximum Gasteiger partial charge on any atom is 0.222 e. The number of aryl methyl sites for hydroxylation is 1. The van der Waals surface area contributed by atoms with Crippen LogP contribution >= 0.6 is 0 Å². The van der Waals surface area contributed by atoms with E-state index < -0.39 is 0 Å². The normalized spacial score (nSPS) is 15.7. The number of hydrogen-bond donors (Lipinski definition) is 1. The van der Waals surface area contributed by atoms with Crippen molar-refractivity contribution in [1.29, 1.82) is 0 Å². The molecule has 0 bridgehead atoms. The zero-order valence-electron chi connectivity index (χ0n) is 10.2. The summed E-state index contributed by atoms with van der Waals surface area (Å²) >= 11 is 0. The van der Waals surface area contributed by atoms with Gasteiger partial charge in [-0.15, -0.1) is 0 Å². The van der Waals surface area contributed by atoms with Gasteiger partial charge in [0.1, 0.15) is 17.7 Å². The lowest BCUT2D eigenvalue weighted by atomic mass is 9.96. The van der Waals surface area contributed by atoms with Gasteiger partial charge in [-0.3, -0.25) is 0 Å². The first-order chi connectivity index (χ1) is 7.70. The van der Waals surface area contributed by atoms with Crippen LogP contribution in [0.5, 0.6) is 5.88 Å². The lowest BCUT2D eigenvalue weighted by Gasteiger charge is -2.26. The largest absolute Gasteiger partial charge is 0.474 e. The molecule has 1 aromatic heterocycles. The Morgan fingerprint density at radius 2 is 2.06 bits per heavy atom. The molecule has 1 N–H and O–H groups in total. The minimum atomic E-state index is 0.363. The molecule has 1 aliphatic carbocycles. The summed E-state index contributed by atoms with van der Waals surface area (Å²) in [7, 11) is 0. The smallest absolute Gasteiger partial charge is 0.222 e. The fourth-order valence-electron chi connectivity index (χ4n) is 1.70. The molecule has 0 radical (unpaired) electrons. The van der Waals surface area contributed by atoms with Gasteiger partial charge in [-0.2, -0.15) is 4.98 Å². The molecule has 0 aliphatic heterocycles. The lowest BCUT2D eigenvalue weighted by molar-refractivity contribution is 0.113. The van der Waals surface area contributed by atoms with Crippen molar-refractivity contribution in [2.24, 2.45) is 0 Å². The van der Waals surface area contributed by atoms with Crippen molar-refractivity contribution in [2.75, 3.05) is 11.9 Å². The third-order valence-electron chi connectivity index (χ3n) is 2.89. The first-order valence-corrected chi connectivity index (χ1v) is 5.96. The van der Waals surface area contributed by atoms with Gasteiger partial charge in [0.15, 0.2) is 0 Å². The Bertz CT molecular complexity index is 375. The standard InChI is InChI=1S/C12H19N3O/c1-4-13-11-8(2)12(15-9(3)14-11)16-10-6-5-7-10/h10H,4-7H2,1-3H3,(H,13,14,15). The van der Waals surface area contributed by atoms with Gasteiger partial charge >= 0.3 is 0 Å². The van der Waals surface area contributed by atoms with E-state index >= 15 is 0 Å². The van der Waals surface area contributed by atoms with E-state index in [-0.39, 0.29) is 0 Å². The Morgan fingerprint density at radius 1 is 1.31 bits per heavy atom. The summed E-state index contributed by atoms with van der Waals surface area (Å²) in [6.07, 6.45) is 3.94. The quantitative estimate of drug-likeness (QED) is 0.848. The average Bonchev–Trinajstić information content (AvgIpc) is 2.18. The summed E-state index contributed by atoms with van der Waals surface area (Å²) in [5.41, 5.74) is 1.01. The molecule has 0 saturated heterocycles. The molecule has 1 aliphatic rings. The average molecular weight is 221 g/mol. The minimum absolute atomic E-state index is 0.363. The van der Waals surface area contributed by atoms with Crippen LogP contribution in [0, 0.1) is 13.8 Å². The summed E-state index contributed by atoms with van der Waals surface area (Å²) in [5.74, 6) is 2.40. The molecule has 16 heavy (non-hydrogen) atoms. The number of ether oxygens (including phenoxy) is 1. The number of rotatable bonds is 4. The first kappa shape index (κ1) is 11.2. The Kier molecular flexibility index (Phi) is 3.27. The van der Waals surface area contributed by atoms with Crippen molar-refractivity contribution in [1.82, 2.24) is 9.97 Å². The van der Waals surface area contributed by atoms with Crippen LogP contribution in [0.3, 0.4) is 0 Å². The third-order valence-corrected chi connectivity index (χ3v) is 2.89. The number of aromatic nitrogens is 2. The maximum absolute atomic E-state index is 5.86. The second-order valence-corrected chi connectivity index (χ2v) is 4.25. The van der Waals surface area contributed by atoms with Gasteiger partial charge in [0.25, 0.3) is 0 Å². The topological polar surface area (TPSA) is 47.0 Å². The molecule has 0 aromatic carbocycles. The molecular weight excluding hydrogens is 202 g/mol. The predicted octanol–water partition coefficient (Wildman–Crippen LogP) is 2.46. The zero-order chi connectivity index (χ0) is 11.5. The Hall–Kier alpha value is -1.32. The summed E-state index contributed by atoms with van der Waals surface area (Å²) in [6.45, 7) is 6.82. The zero-order valence-corrected chi connectivity index (χ0v) is 10.2. The Balaban J connectivity index is 2.21. The van der Waals surface area contributed by atoms with Crippen LogP contribution in [0.2, 0.25) is 0 Å². The predicted molar refractivity (Wildman–Crippen MR) is 63.9 cm³/mol. The number of nitrogens with zero attached hydrogens (tertiary/aromatic N) is 2. The fourth-order valence-corrected chi connectivity index (χ4v) is 1.70. The number of anilines is 1. The molecule has 4 heteroatoms. The molecular formula is C12H19N3O. The van der Waals surface area contributed by atoms with Gasteiger partial charge in [0, 0.05) is 6.54 Å². The minimum Gasteiger partial charge on any atom is -0.474 e. The van der Waals surface area contributed by atoms with E-state index in [2.05, 4.69) is 22.2 Å². The molecule has 1 heterocycles. The van der Waals surface area contributed by atoms with E-state index in [1.54, 1.807) is 0 Å². The first-order valence-electron chi connectivity index (χ1n) is 5.96. The van der Waals surface area contributed by atoms with Crippen molar-refractivity contribution in [3.8, 4) is 5.88 Å². The highest BCUT2D eigenvalue weighted by Gasteiger charge is 2.21. The van der Waals surface area contributed by atoms with Crippen LogP contribution in [0.4, 0.5) is 5.82 Å². The van der Waals surface area contributed by atoms with Gasteiger partial charge in [-0.05, 0) is 40.0 Å². The monoisotopic (exact) mass is 221 g/mol. The molecule has 88 valence electrons. The lowest BCUT2D eigenvalue weighted by Crippen LogP contribution is -2.25. The van der Waals surface area contributed by atoms with Crippen LogP contribution in [0.1, 0.15) is 37.6 Å². The molecule has 1 saturated carbocycles. The van der Waals surface area contributed by atoms with Crippen LogP contribution in [-0.2, 0) is 0 Å². The highest BCUT2D eigenvalue weighted by atomic mass is 16.5. The molecule has 0 unspecified atom stereocenters.